The van der Waals surface area contributed by atoms with Crippen LogP contribution in [0.25, 0.3) is 0 Å². The number of carbonyl (C=O) groups excluding carboxylic acids is 1. The van der Waals surface area contributed by atoms with Crippen molar-refractivity contribution >= 4 is 5.97 Å². The molecule has 0 heterocycles. The Hall–Kier alpha value is -0.650. The second-order valence-electron chi connectivity index (χ2n) is 10.2. The maximum atomic E-state index is 11.2. The lowest BCUT2D eigenvalue weighted by atomic mass is 9.97. The second kappa shape index (κ2) is 26.9. The maximum absolute atomic E-state index is 11.2. The second-order valence-corrected chi connectivity index (χ2v) is 10.2. The molecule has 2 unspecified atom stereocenters. The fourth-order valence-corrected chi connectivity index (χ4v) is 4.65. The van der Waals surface area contributed by atoms with E-state index in [0.29, 0.717) is 6.42 Å². The summed E-state index contributed by atoms with van der Waals surface area (Å²) in [6, 6.07) is 0.224. The zero-order valence-corrected chi connectivity index (χ0v) is 23.0. The van der Waals surface area contributed by atoms with E-state index in [2.05, 4.69) is 12.2 Å². The van der Waals surface area contributed by atoms with E-state index in [0.717, 1.165) is 58.0 Å². The summed E-state index contributed by atoms with van der Waals surface area (Å²) in [6.07, 6.45) is 25.6. The largest absolute Gasteiger partial charge is 0.469 e. The lowest BCUT2D eigenvalue weighted by Crippen LogP contribution is -2.40. The molecule has 0 aliphatic heterocycles. The Bertz CT molecular complexity index is 420. The molecule has 0 aliphatic rings. The highest BCUT2D eigenvalue weighted by molar-refractivity contribution is 5.68. The highest BCUT2D eigenvalue weighted by Crippen LogP contribution is 2.16. The quantitative estimate of drug-likeness (QED) is 0.0860. The van der Waals surface area contributed by atoms with Crippen molar-refractivity contribution in [2.24, 2.45) is 5.73 Å². The van der Waals surface area contributed by atoms with Crippen LogP contribution in [0.3, 0.4) is 0 Å². The summed E-state index contributed by atoms with van der Waals surface area (Å²) in [5.41, 5.74) is 5.55. The molecule has 0 saturated carbocycles. The third-order valence-corrected chi connectivity index (χ3v) is 6.98. The van der Waals surface area contributed by atoms with Gasteiger partial charge in [0.15, 0.2) is 0 Å². The fourth-order valence-electron chi connectivity index (χ4n) is 4.65. The SMILES string of the molecule is CCCCCCCCC(O)C(CCCCCCCC(=O)OC)NCCCCCCCCCCN. The summed E-state index contributed by atoms with van der Waals surface area (Å²) >= 11 is 0. The third-order valence-electron chi connectivity index (χ3n) is 6.98. The number of nitrogens with one attached hydrogen (secondary N) is 1. The number of ether oxygens (including phenoxy) is 1. The molecule has 2 atom stereocenters. The first kappa shape index (κ1) is 33.4. The number of hydrogen-bond donors (Lipinski definition) is 3. The van der Waals surface area contributed by atoms with Crippen LogP contribution in [-0.4, -0.2) is 43.4 Å². The van der Waals surface area contributed by atoms with Gasteiger partial charge in [0, 0.05) is 12.5 Å². The summed E-state index contributed by atoms with van der Waals surface area (Å²) in [5, 5.41) is 14.6. The smallest absolute Gasteiger partial charge is 0.305 e. The van der Waals surface area contributed by atoms with E-state index in [1.807, 2.05) is 0 Å². The van der Waals surface area contributed by atoms with Crippen molar-refractivity contribution in [2.75, 3.05) is 20.2 Å². The molecule has 0 fully saturated rings. The van der Waals surface area contributed by atoms with Crippen LogP contribution in [0.5, 0.6) is 0 Å². The molecule has 0 rings (SSSR count). The molecular weight excluding hydrogens is 424 g/mol. The summed E-state index contributed by atoms with van der Waals surface area (Å²) in [4.78, 5) is 11.2. The zero-order chi connectivity index (χ0) is 25.1. The first-order valence-electron chi connectivity index (χ1n) is 14.8. The Labute approximate surface area is 212 Å². The summed E-state index contributed by atoms with van der Waals surface area (Å²) < 4.78 is 4.70. The van der Waals surface area contributed by atoms with Gasteiger partial charge in [0.1, 0.15) is 0 Å². The molecule has 0 aromatic heterocycles. The van der Waals surface area contributed by atoms with Crippen LogP contribution < -0.4 is 11.1 Å². The number of esters is 1. The minimum atomic E-state index is -0.229. The molecule has 5 nitrogen and oxygen atoms in total. The van der Waals surface area contributed by atoms with Gasteiger partial charge in [-0.3, -0.25) is 4.79 Å². The monoisotopic (exact) mass is 484 g/mol. The Kier molecular flexibility index (Phi) is 26.4. The predicted octanol–water partition coefficient (Wildman–Crippen LogP) is 7.04. The predicted molar refractivity (Wildman–Crippen MR) is 146 cm³/mol. The van der Waals surface area contributed by atoms with Gasteiger partial charge in [0.2, 0.25) is 0 Å². The van der Waals surface area contributed by atoms with E-state index in [-0.39, 0.29) is 18.1 Å². The lowest BCUT2D eigenvalue weighted by Gasteiger charge is -2.24. The van der Waals surface area contributed by atoms with Gasteiger partial charge in [-0.05, 0) is 45.2 Å². The Balaban J connectivity index is 4.06. The molecule has 0 aromatic rings. The molecule has 0 spiro atoms. The van der Waals surface area contributed by atoms with Crippen LogP contribution in [0.1, 0.15) is 148 Å². The highest BCUT2D eigenvalue weighted by Gasteiger charge is 2.17. The molecule has 34 heavy (non-hydrogen) atoms. The van der Waals surface area contributed by atoms with Crippen LogP contribution >= 0.6 is 0 Å². The van der Waals surface area contributed by atoms with Crippen LogP contribution in [0.15, 0.2) is 0 Å². The first-order valence-corrected chi connectivity index (χ1v) is 14.8. The van der Waals surface area contributed by atoms with Crippen LogP contribution in [-0.2, 0) is 9.53 Å². The van der Waals surface area contributed by atoms with Crippen molar-refractivity contribution in [3.63, 3.8) is 0 Å². The minimum Gasteiger partial charge on any atom is -0.469 e. The van der Waals surface area contributed by atoms with Crippen molar-refractivity contribution in [3.8, 4) is 0 Å². The lowest BCUT2D eigenvalue weighted by molar-refractivity contribution is -0.140. The molecular formula is C29H60N2O3. The van der Waals surface area contributed by atoms with Gasteiger partial charge < -0.3 is 20.9 Å². The maximum Gasteiger partial charge on any atom is 0.305 e. The van der Waals surface area contributed by atoms with Crippen molar-refractivity contribution in [1.82, 2.24) is 5.32 Å². The third kappa shape index (κ3) is 23.1. The topological polar surface area (TPSA) is 84.6 Å². The number of rotatable bonds is 27. The van der Waals surface area contributed by atoms with Crippen LogP contribution in [0.4, 0.5) is 0 Å². The summed E-state index contributed by atoms with van der Waals surface area (Å²) in [6.45, 7) is 4.10. The number of nitrogens with two attached hydrogens (primary N) is 1. The molecule has 204 valence electrons. The van der Waals surface area contributed by atoms with Crippen molar-refractivity contribution < 1.29 is 14.6 Å². The molecule has 0 aromatic carbocycles. The first-order chi connectivity index (χ1) is 16.7. The zero-order valence-electron chi connectivity index (χ0n) is 23.0. The molecule has 0 amide bonds. The number of aliphatic hydroxyl groups is 1. The molecule has 4 N–H and O–H groups in total. The van der Waals surface area contributed by atoms with E-state index in [1.165, 1.54) is 97.0 Å². The van der Waals surface area contributed by atoms with Crippen LogP contribution in [0, 0.1) is 0 Å². The van der Waals surface area contributed by atoms with E-state index >= 15 is 0 Å². The fraction of sp³-hybridized carbons (Fsp3) is 0.966. The number of unbranched alkanes of at least 4 members (excludes halogenated alkanes) is 16. The van der Waals surface area contributed by atoms with Crippen molar-refractivity contribution in [3.05, 3.63) is 0 Å². The molecule has 0 saturated heterocycles. The number of methoxy groups -OCH3 is 1. The van der Waals surface area contributed by atoms with Gasteiger partial charge in [-0.2, -0.15) is 0 Å². The van der Waals surface area contributed by atoms with E-state index in [1.54, 1.807) is 0 Å². The van der Waals surface area contributed by atoms with Gasteiger partial charge in [0.25, 0.3) is 0 Å². The Morgan fingerprint density at radius 3 is 1.82 bits per heavy atom. The molecule has 0 radical (unpaired) electrons. The van der Waals surface area contributed by atoms with Gasteiger partial charge in [-0.25, -0.2) is 0 Å². The Morgan fingerprint density at radius 2 is 1.24 bits per heavy atom. The van der Waals surface area contributed by atoms with Gasteiger partial charge in [0.05, 0.1) is 13.2 Å². The van der Waals surface area contributed by atoms with Gasteiger partial charge in [-0.1, -0.05) is 110 Å². The van der Waals surface area contributed by atoms with Crippen LogP contribution in [0.2, 0.25) is 0 Å². The highest BCUT2D eigenvalue weighted by atomic mass is 16.5. The number of carbonyl (C=O) groups is 1. The van der Waals surface area contributed by atoms with E-state index in [4.69, 9.17) is 10.5 Å². The molecule has 5 heteroatoms. The van der Waals surface area contributed by atoms with Gasteiger partial charge in [-0.15, -0.1) is 0 Å². The summed E-state index contributed by atoms with van der Waals surface area (Å²) in [5.74, 6) is -0.103. The van der Waals surface area contributed by atoms with E-state index in [9.17, 15) is 9.90 Å². The van der Waals surface area contributed by atoms with Crippen molar-refractivity contribution in [1.29, 1.82) is 0 Å². The standard InChI is InChI=1S/C29H60N2O3/c1-3-4-5-6-13-18-23-28(32)27(22-17-12-11-14-19-24-29(33)34-2)31-26-21-16-10-8-7-9-15-20-25-30/h27-28,31-32H,3-26,30H2,1-2H3. The Morgan fingerprint density at radius 1 is 0.735 bits per heavy atom. The molecule has 0 aliphatic carbocycles. The van der Waals surface area contributed by atoms with E-state index < -0.39 is 0 Å². The normalized spacial score (nSPS) is 13.2. The average Bonchev–Trinajstić information content (AvgIpc) is 2.84. The number of hydrogen-bond acceptors (Lipinski definition) is 5. The molecule has 0 bridgehead atoms. The van der Waals surface area contributed by atoms with Gasteiger partial charge >= 0.3 is 5.97 Å². The average molecular weight is 485 g/mol. The number of aliphatic hydroxyl groups excluding tert-OH is 1. The minimum absolute atomic E-state index is 0.103. The summed E-state index contributed by atoms with van der Waals surface area (Å²) in [7, 11) is 1.46. The van der Waals surface area contributed by atoms with Crippen molar-refractivity contribution in [2.45, 2.75) is 160 Å².